The normalized spacial score (nSPS) is 13.4. The van der Waals surface area contributed by atoms with Crippen LogP contribution in [0.2, 0.25) is 0 Å². The molecule has 1 aliphatic rings. The molecule has 3 rings (SSSR count). The molecule has 0 spiro atoms. The second-order valence-electron chi connectivity index (χ2n) is 4.58. The van der Waals surface area contributed by atoms with Crippen LogP contribution in [-0.2, 0) is 11.2 Å². The summed E-state index contributed by atoms with van der Waals surface area (Å²) in [5.74, 6) is 1.06. The number of hydrogen-bond acceptors (Lipinski definition) is 3. The highest BCUT2D eigenvalue weighted by Gasteiger charge is 2.22. The van der Waals surface area contributed by atoms with Crippen LogP contribution >= 0.6 is 0 Å². The van der Waals surface area contributed by atoms with E-state index in [1.807, 2.05) is 18.2 Å². The van der Waals surface area contributed by atoms with Crippen LogP contribution in [0.1, 0.15) is 23.0 Å². The first-order chi connectivity index (χ1) is 9.19. The van der Waals surface area contributed by atoms with Crippen LogP contribution in [0.15, 0.2) is 34.7 Å². The molecule has 0 saturated heterocycles. The molecular formula is C15H13NO3. The maximum absolute atomic E-state index is 11.5. The Morgan fingerprint density at radius 3 is 2.84 bits per heavy atom. The molecule has 0 aliphatic carbocycles. The van der Waals surface area contributed by atoms with E-state index >= 15 is 0 Å². The minimum atomic E-state index is 0.0627. The Balaban J connectivity index is 1.99. The third kappa shape index (κ3) is 1.95. The van der Waals surface area contributed by atoms with Crippen molar-refractivity contribution in [3.63, 3.8) is 0 Å². The molecule has 1 aromatic heterocycles. The Bertz CT molecular complexity index is 657. The molecule has 4 nitrogen and oxygen atoms in total. The number of rotatable bonds is 2. The summed E-state index contributed by atoms with van der Waals surface area (Å²) in [6.07, 6.45) is 1.54. The van der Waals surface area contributed by atoms with Gasteiger partial charge in [0, 0.05) is 24.7 Å². The van der Waals surface area contributed by atoms with E-state index in [1.54, 1.807) is 24.0 Å². The predicted molar refractivity (Wildman–Crippen MR) is 71.3 cm³/mol. The van der Waals surface area contributed by atoms with Crippen molar-refractivity contribution in [3.8, 4) is 11.3 Å². The molecular weight excluding hydrogens is 242 g/mol. The summed E-state index contributed by atoms with van der Waals surface area (Å²) in [6, 6.07) is 9.29. The number of benzene rings is 1. The van der Waals surface area contributed by atoms with Crippen LogP contribution in [0.25, 0.3) is 11.3 Å². The first-order valence-electron chi connectivity index (χ1n) is 6.15. The van der Waals surface area contributed by atoms with Crippen molar-refractivity contribution in [2.24, 2.45) is 0 Å². The van der Waals surface area contributed by atoms with Crippen LogP contribution in [0.4, 0.5) is 5.69 Å². The molecule has 0 radical (unpaired) electrons. The van der Waals surface area contributed by atoms with Gasteiger partial charge in [-0.1, -0.05) is 0 Å². The van der Waals surface area contributed by atoms with Gasteiger partial charge in [-0.3, -0.25) is 9.59 Å². The van der Waals surface area contributed by atoms with Crippen molar-refractivity contribution in [1.82, 2.24) is 0 Å². The zero-order valence-corrected chi connectivity index (χ0v) is 10.6. The van der Waals surface area contributed by atoms with E-state index in [-0.39, 0.29) is 5.91 Å². The molecule has 0 N–H and O–H groups in total. The zero-order chi connectivity index (χ0) is 13.4. The van der Waals surface area contributed by atoms with Crippen LogP contribution in [0, 0.1) is 0 Å². The molecule has 1 aromatic carbocycles. The molecule has 0 unspecified atom stereocenters. The maximum Gasteiger partial charge on any atom is 0.223 e. The second kappa shape index (κ2) is 4.39. The van der Waals surface area contributed by atoms with Gasteiger partial charge in [-0.25, -0.2) is 0 Å². The molecule has 1 amide bonds. The average molecular weight is 255 g/mol. The fraction of sp³-hybridized carbons (Fsp3) is 0.200. The highest BCUT2D eigenvalue weighted by atomic mass is 16.3. The third-order valence-corrected chi connectivity index (χ3v) is 3.38. The second-order valence-corrected chi connectivity index (χ2v) is 4.58. The van der Waals surface area contributed by atoms with Crippen LogP contribution in [-0.4, -0.2) is 18.7 Å². The molecule has 0 atom stereocenters. The van der Waals surface area contributed by atoms with Crippen molar-refractivity contribution in [1.29, 1.82) is 0 Å². The molecule has 1 aliphatic heterocycles. The van der Waals surface area contributed by atoms with E-state index in [2.05, 4.69) is 0 Å². The summed E-state index contributed by atoms with van der Waals surface area (Å²) >= 11 is 0. The maximum atomic E-state index is 11.5. The number of anilines is 1. The van der Waals surface area contributed by atoms with Gasteiger partial charge in [-0.2, -0.15) is 0 Å². The van der Waals surface area contributed by atoms with Gasteiger partial charge < -0.3 is 9.32 Å². The molecule has 0 bridgehead atoms. The minimum absolute atomic E-state index is 0.0627. The Kier molecular flexibility index (Phi) is 2.71. The standard InChI is InChI=1S/C15H13NO3/c1-10(18)16-7-6-11-8-12(2-4-14(11)16)15-5-3-13(9-17)19-15/h2-5,8-9H,6-7H2,1H3. The van der Waals surface area contributed by atoms with Crippen molar-refractivity contribution < 1.29 is 14.0 Å². The van der Waals surface area contributed by atoms with E-state index in [0.29, 0.717) is 17.8 Å². The van der Waals surface area contributed by atoms with Crippen molar-refractivity contribution in [2.45, 2.75) is 13.3 Å². The fourth-order valence-corrected chi connectivity index (χ4v) is 2.45. The number of furan rings is 1. The SMILES string of the molecule is CC(=O)N1CCc2cc(-c3ccc(C=O)o3)ccc21. The fourth-order valence-electron chi connectivity index (χ4n) is 2.45. The molecule has 2 heterocycles. The number of aldehydes is 1. The highest BCUT2D eigenvalue weighted by Crippen LogP contribution is 2.32. The molecule has 19 heavy (non-hydrogen) atoms. The van der Waals surface area contributed by atoms with Crippen LogP contribution in [0.3, 0.4) is 0 Å². The Hall–Kier alpha value is -2.36. The lowest BCUT2D eigenvalue weighted by Gasteiger charge is -2.14. The van der Waals surface area contributed by atoms with Gasteiger partial charge in [0.15, 0.2) is 12.0 Å². The van der Waals surface area contributed by atoms with E-state index < -0.39 is 0 Å². The van der Waals surface area contributed by atoms with Gasteiger partial charge in [0.25, 0.3) is 0 Å². The lowest BCUT2D eigenvalue weighted by Crippen LogP contribution is -2.25. The Morgan fingerprint density at radius 1 is 1.32 bits per heavy atom. The monoisotopic (exact) mass is 255 g/mol. The van der Waals surface area contributed by atoms with Crippen LogP contribution < -0.4 is 4.90 Å². The first kappa shape index (κ1) is 11.7. The Labute approximate surface area is 110 Å². The summed E-state index contributed by atoms with van der Waals surface area (Å²) in [5.41, 5.74) is 3.03. The molecule has 4 heteroatoms. The summed E-state index contributed by atoms with van der Waals surface area (Å²) in [5, 5.41) is 0. The zero-order valence-electron chi connectivity index (χ0n) is 10.6. The summed E-state index contributed by atoms with van der Waals surface area (Å²) in [6.45, 7) is 2.30. The summed E-state index contributed by atoms with van der Waals surface area (Å²) in [7, 11) is 0. The quantitative estimate of drug-likeness (QED) is 0.775. The smallest absolute Gasteiger partial charge is 0.223 e. The minimum Gasteiger partial charge on any atom is -0.453 e. The van der Waals surface area contributed by atoms with Gasteiger partial charge >= 0.3 is 0 Å². The summed E-state index contributed by atoms with van der Waals surface area (Å²) < 4.78 is 5.40. The van der Waals surface area contributed by atoms with Gasteiger partial charge in [0.05, 0.1) is 0 Å². The van der Waals surface area contributed by atoms with E-state index in [0.717, 1.165) is 29.8 Å². The summed E-state index contributed by atoms with van der Waals surface area (Å²) in [4.78, 5) is 23.9. The van der Waals surface area contributed by atoms with Crippen LogP contribution in [0.5, 0.6) is 0 Å². The topological polar surface area (TPSA) is 50.5 Å². The molecule has 96 valence electrons. The number of hydrogen-bond donors (Lipinski definition) is 0. The van der Waals surface area contributed by atoms with Crippen molar-refractivity contribution in [2.75, 3.05) is 11.4 Å². The number of amides is 1. The number of fused-ring (bicyclic) bond motifs is 1. The average Bonchev–Trinajstić information content (AvgIpc) is 3.04. The van der Waals surface area contributed by atoms with E-state index in [9.17, 15) is 9.59 Å². The van der Waals surface area contributed by atoms with E-state index in [1.165, 1.54) is 0 Å². The van der Waals surface area contributed by atoms with E-state index in [4.69, 9.17) is 4.42 Å². The largest absolute Gasteiger partial charge is 0.453 e. The lowest BCUT2D eigenvalue weighted by molar-refractivity contribution is -0.116. The van der Waals surface area contributed by atoms with Gasteiger partial charge in [-0.05, 0) is 42.3 Å². The van der Waals surface area contributed by atoms with Crippen molar-refractivity contribution >= 4 is 17.9 Å². The highest BCUT2D eigenvalue weighted by molar-refractivity contribution is 5.94. The third-order valence-electron chi connectivity index (χ3n) is 3.38. The molecule has 2 aromatic rings. The molecule has 0 fully saturated rings. The van der Waals surface area contributed by atoms with Crippen molar-refractivity contribution in [3.05, 3.63) is 41.7 Å². The van der Waals surface area contributed by atoms with Gasteiger partial charge in [-0.15, -0.1) is 0 Å². The first-order valence-corrected chi connectivity index (χ1v) is 6.15. The number of carbonyl (C=O) groups is 2. The van der Waals surface area contributed by atoms with Gasteiger partial charge in [0.1, 0.15) is 5.76 Å². The van der Waals surface area contributed by atoms with Gasteiger partial charge in [0.2, 0.25) is 5.91 Å². The predicted octanol–water partition coefficient (Wildman–Crippen LogP) is 2.67. The Morgan fingerprint density at radius 2 is 2.16 bits per heavy atom. The number of nitrogens with zero attached hydrogens (tertiary/aromatic N) is 1. The number of carbonyl (C=O) groups excluding carboxylic acids is 2. The molecule has 0 saturated carbocycles. The lowest BCUT2D eigenvalue weighted by atomic mass is 10.1.